The maximum atomic E-state index is 13.6. The van der Waals surface area contributed by atoms with Crippen molar-refractivity contribution in [3.05, 3.63) is 94.8 Å². The second-order valence-corrected chi connectivity index (χ2v) is 10.8. The lowest BCUT2D eigenvalue weighted by Gasteiger charge is -2.30. The van der Waals surface area contributed by atoms with Gasteiger partial charge in [0.05, 0.1) is 11.6 Å². The number of carbonyl (C=O) groups is 2. The summed E-state index contributed by atoms with van der Waals surface area (Å²) in [6, 6.07) is 18.0. The van der Waals surface area contributed by atoms with Crippen molar-refractivity contribution in [3.8, 4) is 0 Å². The molecule has 0 fully saturated rings. The number of likely N-dealkylation sites (N-methyl/N-ethyl adjacent to an activating group) is 1. The highest BCUT2D eigenvalue weighted by Gasteiger charge is 2.23. The Morgan fingerprint density at radius 2 is 1.73 bits per heavy atom. The number of hydrogen-bond acceptors (Lipinski definition) is 5. The number of nitrogens with one attached hydrogen (secondary N) is 2. The number of anilines is 1. The van der Waals surface area contributed by atoms with Crippen LogP contribution in [-0.4, -0.2) is 54.4 Å². The molecule has 1 unspecified atom stereocenters. The largest absolute Gasteiger partial charge is 0.350 e. The summed E-state index contributed by atoms with van der Waals surface area (Å²) in [4.78, 5) is 35.5. The number of rotatable bonds is 8. The van der Waals surface area contributed by atoms with Crippen molar-refractivity contribution < 1.29 is 9.59 Å². The van der Waals surface area contributed by atoms with E-state index in [2.05, 4.69) is 65.6 Å². The summed E-state index contributed by atoms with van der Waals surface area (Å²) in [5.74, 6) is -0.165. The first-order chi connectivity index (χ1) is 20.0. The Kier molecular flexibility index (Phi) is 11.5. The Morgan fingerprint density at radius 3 is 2.46 bits per heavy atom. The summed E-state index contributed by atoms with van der Waals surface area (Å²) in [5, 5.41) is 6.75. The van der Waals surface area contributed by atoms with Crippen molar-refractivity contribution in [2.45, 2.75) is 65.5 Å². The van der Waals surface area contributed by atoms with Crippen LogP contribution >= 0.6 is 0 Å². The molecule has 0 saturated carbocycles. The zero-order valence-corrected chi connectivity index (χ0v) is 24.9. The topological polar surface area (TPSA) is 77.6 Å². The van der Waals surface area contributed by atoms with E-state index in [9.17, 15) is 9.59 Å². The second kappa shape index (κ2) is 15.5. The van der Waals surface area contributed by atoms with Gasteiger partial charge in [0.2, 0.25) is 0 Å². The van der Waals surface area contributed by atoms with Gasteiger partial charge in [0.25, 0.3) is 11.8 Å². The van der Waals surface area contributed by atoms with Gasteiger partial charge in [-0.2, -0.15) is 0 Å². The lowest BCUT2D eigenvalue weighted by Crippen LogP contribution is -2.38. The van der Waals surface area contributed by atoms with Crippen LogP contribution in [0.15, 0.2) is 67.0 Å². The molecule has 3 aromatic rings. The van der Waals surface area contributed by atoms with Crippen molar-refractivity contribution in [2.24, 2.45) is 0 Å². The average Bonchev–Trinajstić information content (AvgIpc) is 3.00. The molecule has 2 aromatic carbocycles. The summed E-state index contributed by atoms with van der Waals surface area (Å²) in [5.41, 5.74) is 5.40. The fourth-order valence-electron chi connectivity index (χ4n) is 5.58. The van der Waals surface area contributed by atoms with E-state index in [1.54, 1.807) is 18.5 Å². The molecule has 4 rings (SSSR count). The number of aromatic nitrogens is 1. The Morgan fingerprint density at radius 1 is 0.976 bits per heavy atom. The van der Waals surface area contributed by atoms with Crippen LogP contribution in [-0.2, 0) is 6.54 Å². The van der Waals surface area contributed by atoms with Gasteiger partial charge in [0, 0.05) is 43.3 Å². The Balaban J connectivity index is 1.59. The molecule has 1 aliphatic heterocycles. The van der Waals surface area contributed by atoms with Gasteiger partial charge in [-0.25, -0.2) is 0 Å². The van der Waals surface area contributed by atoms with E-state index in [1.165, 1.54) is 24.0 Å². The number of amides is 2. The quantitative estimate of drug-likeness (QED) is 0.362. The summed E-state index contributed by atoms with van der Waals surface area (Å²) < 4.78 is 0. The summed E-state index contributed by atoms with van der Waals surface area (Å²) in [6.07, 6.45) is 8.79. The standard InChI is InChI=1S/C34H45N5O2/c1-4-38(5-2)32(27-15-13-26(3)14-16-27)25-37-33(40)28-17-18-31-30(22-28)24-35-19-9-7-6-8-10-21-39(31)34(41)29-12-11-20-36-23-29/h11-18,20,22-23,32,35H,4-10,19,21,24-25H2,1-3H3,(H,37,40). The summed E-state index contributed by atoms with van der Waals surface area (Å²) in [6.45, 7) is 10.9. The van der Waals surface area contributed by atoms with Crippen LogP contribution in [0.25, 0.3) is 0 Å². The van der Waals surface area contributed by atoms with Crippen LogP contribution in [0.1, 0.15) is 89.4 Å². The summed E-state index contributed by atoms with van der Waals surface area (Å²) in [7, 11) is 0. The second-order valence-electron chi connectivity index (χ2n) is 10.8. The van der Waals surface area contributed by atoms with Crippen molar-refractivity contribution in [2.75, 3.05) is 37.6 Å². The van der Waals surface area contributed by atoms with Crippen molar-refractivity contribution in [1.29, 1.82) is 0 Å². The van der Waals surface area contributed by atoms with E-state index in [0.29, 0.717) is 30.8 Å². The maximum absolute atomic E-state index is 13.6. The van der Waals surface area contributed by atoms with Crippen molar-refractivity contribution in [1.82, 2.24) is 20.5 Å². The first kappa shape index (κ1) is 30.4. The van der Waals surface area contributed by atoms with Crippen LogP contribution in [0, 0.1) is 6.92 Å². The fraction of sp³-hybridized carbons (Fsp3) is 0.441. The molecule has 0 saturated heterocycles. The highest BCUT2D eigenvalue weighted by molar-refractivity contribution is 6.06. The molecule has 0 bridgehead atoms. The lowest BCUT2D eigenvalue weighted by atomic mass is 10.0. The lowest BCUT2D eigenvalue weighted by molar-refractivity contribution is 0.0934. The van der Waals surface area contributed by atoms with Gasteiger partial charge < -0.3 is 15.5 Å². The molecule has 0 spiro atoms. The van der Waals surface area contributed by atoms with Gasteiger partial charge >= 0.3 is 0 Å². The number of fused-ring (bicyclic) bond motifs is 1. The van der Waals surface area contributed by atoms with Gasteiger partial charge in [-0.3, -0.25) is 19.5 Å². The molecule has 41 heavy (non-hydrogen) atoms. The molecule has 0 radical (unpaired) electrons. The first-order valence-corrected chi connectivity index (χ1v) is 15.2. The van der Waals surface area contributed by atoms with E-state index in [-0.39, 0.29) is 17.9 Å². The average molecular weight is 556 g/mol. The van der Waals surface area contributed by atoms with Gasteiger partial charge in [0.1, 0.15) is 0 Å². The van der Waals surface area contributed by atoms with E-state index in [4.69, 9.17) is 0 Å². The number of pyridine rings is 1. The van der Waals surface area contributed by atoms with Gasteiger partial charge in [-0.1, -0.05) is 62.9 Å². The van der Waals surface area contributed by atoms with Crippen LogP contribution in [0.5, 0.6) is 0 Å². The molecule has 7 heteroatoms. The molecule has 1 atom stereocenters. The van der Waals surface area contributed by atoms with Gasteiger partial charge in [0.15, 0.2) is 0 Å². The number of benzene rings is 2. The monoisotopic (exact) mass is 555 g/mol. The van der Waals surface area contributed by atoms with Crippen molar-refractivity contribution in [3.63, 3.8) is 0 Å². The molecule has 2 heterocycles. The van der Waals surface area contributed by atoms with E-state index < -0.39 is 0 Å². The Bertz CT molecular complexity index is 1260. The van der Waals surface area contributed by atoms with Crippen LogP contribution in [0.2, 0.25) is 0 Å². The Hall–Kier alpha value is -3.55. The Labute approximate surface area is 245 Å². The smallest absolute Gasteiger partial charge is 0.259 e. The third-order valence-electron chi connectivity index (χ3n) is 8.01. The predicted octanol–water partition coefficient (Wildman–Crippen LogP) is 5.90. The molecule has 7 nitrogen and oxygen atoms in total. The highest BCUT2D eigenvalue weighted by Crippen LogP contribution is 2.26. The fourth-order valence-corrected chi connectivity index (χ4v) is 5.58. The molecule has 0 aliphatic carbocycles. The molecular weight excluding hydrogens is 510 g/mol. The van der Waals surface area contributed by atoms with Crippen LogP contribution in [0.4, 0.5) is 5.69 Å². The SMILES string of the molecule is CCN(CC)C(CNC(=O)c1ccc2c(c1)CNCCCCCCCN2C(=O)c1cccnc1)c1ccc(C)cc1. The molecule has 2 N–H and O–H groups in total. The van der Waals surface area contributed by atoms with E-state index >= 15 is 0 Å². The molecule has 1 aromatic heterocycles. The highest BCUT2D eigenvalue weighted by atomic mass is 16.2. The molecule has 218 valence electrons. The number of nitrogens with zero attached hydrogens (tertiary/aromatic N) is 3. The van der Waals surface area contributed by atoms with Crippen LogP contribution in [0.3, 0.4) is 0 Å². The van der Waals surface area contributed by atoms with E-state index in [0.717, 1.165) is 50.1 Å². The predicted molar refractivity (Wildman–Crippen MR) is 166 cm³/mol. The third kappa shape index (κ3) is 8.24. The maximum Gasteiger partial charge on any atom is 0.259 e. The minimum Gasteiger partial charge on any atom is -0.350 e. The minimum atomic E-state index is -0.103. The number of hydrogen-bond donors (Lipinski definition) is 2. The van der Waals surface area contributed by atoms with Crippen molar-refractivity contribution >= 4 is 17.5 Å². The van der Waals surface area contributed by atoms with Gasteiger partial charge in [-0.05, 0) is 80.9 Å². The molecular formula is C34H45N5O2. The van der Waals surface area contributed by atoms with Crippen LogP contribution < -0.4 is 15.5 Å². The number of carbonyl (C=O) groups excluding carboxylic acids is 2. The zero-order valence-electron chi connectivity index (χ0n) is 24.9. The third-order valence-corrected chi connectivity index (χ3v) is 8.01. The zero-order chi connectivity index (χ0) is 29.0. The minimum absolute atomic E-state index is 0.0613. The number of aryl methyl sites for hydroxylation is 1. The molecule has 2 amide bonds. The van der Waals surface area contributed by atoms with Gasteiger partial charge in [-0.15, -0.1) is 0 Å². The van der Waals surface area contributed by atoms with E-state index in [1.807, 2.05) is 29.2 Å². The normalized spacial score (nSPS) is 15.4. The first-order valence-electron chi connectivity index (χ1n) is 15.2. The summed E-state index contributed by atoms with van der Waals surface area (Å²) >= 11 is 0. The molecule has 1 aliphatic rings.